The predicted molar refractivity (Wildman–Crippen MR) is 89.3 cm³/mol. The van der Waals surface area contributed by atoms with Gasteiger partial charge in [0.2, 0.25) is 0 Å². The lowest BCUT2D eigenvalue weighted by Crippen LogP contribution is -2.34. The van der Waals surface area contributed by atoms with Crippen molar-refractivity contribution >= 4 is 11.9 Å². The minimum atomic E-state index is -0.989. The van der Waals surface area contributed by atoms with Crippen LogP contribution in [0, 0.1) is 11.3 Å². The van der Waals surface area contributed by atoms with Gasteiger partial charge in [-0.2, -0.15) is 5.26 Å². The van der Waals surface area contributed by atoms with E-state index in [1.165, 1.54) is 0 Å². The summed E-state index contributed by atoms with van der Waals surface area (Å²) in [6.45, 7) is -0.000366. The second-order valence-electron chi connectivity index (χ2n) is 5.82. The first-order chi connectivity index (χ1) is 12.1. The van der Waals surface area contributed by atoms with Gasteiger partial charge in [-0.05, 0) is 43.4 Å². The average Bonchev–Trinajstić information content (AvgIpc) is 3.14. The Kier molecular flexibility index (Phi) is 6.63. The fraction of sp³-hybridized carbons (Fsp3) is 0.500. The first-order valence-corrected chi connectivity index (χ1v) is 8.19. The van der Waals surface area contributed by atoms with Crippen molar-refractivity contribution < 1.29 is 23.8 Å². The molecule has 7 heteroatoms. The number of hydrogen-bond donors (Lipinski definition) is 1. The monoisotopic (exact) mass is 346 g/mol. The van der Waals surface area contributed by atoms with Crippen LogP contribution in [0.1, 0.15) is 37.2 Å². The molecular formula is C18H22N2O5. The van der Waals surface area contributed by atoms with Crippen LogP contribution < -0.4 is 14.8 Å². The molecule has 1 aliphatic carbocycles. The zero-order valence-electron chi connectivity index (χ0n) is 14.4. The van der Waals surface area contributed by atoms with E-state index in [1.54, 1.807) is 25.3 Å². The average molecular weight is 346 g/mol. The van der Waals surface area contributed by atoms with Gasteiger partial charge in [-0.25, -0.2) is 4.79 Å². The van der Waals surface area contributed by atoms with E-state index in [2.05, 4.69) is 16.1 Å². The second kappa shape index (κ2) is 8.92. The lowest BCUT2D eigenvalue weighted by Gasteiger charge is -2.18. The van der Waals surface area contributed by atoms with Crippen molar-refractivity contribution in [3.63, 3.8) is 0 Å². The molecule has 25 heavy (non-hydrogen) atoms. The van der Waals surface area contributed by atoms with E-state index >= 15 is 0 Å². The molecule has 1 N–H and O–H groups in total. The molecule has 0 aliphatic heterocycles. The molecule has 1 unspecified atom stereocenters. The Labute approximate surface area is 146 Å². The van der Waals surface area contributed by atoms with Gasteiger partial charge in [0.15, 0.2) is 11.5 Å². The standard InChI is InChI=1S/C18H22N2O5/c1-23-15-8-7-12(9-16(15)25-14-5-3-4-6-14)13(10-19)11-20-17(21)18(22)24-2/h7-9,13-14H,3-6,11H2,1-2H3,(H,20,21). The molecule has 134 valence electrons. The number of nitriles is 1. The van der Waals surface area contributed by atoms with Crippen LogP contribution in [0.2, 0.25) is 0 Å². The summed E-state index contributed by atoms with van der Waals surface area (Å²) >= 11 is 0. The highest BCUT2D eigenvalue weighted by molar-refractivity contribution is 6.32. The molecule has 0 radical (unpaired) electrons. The molecule has 0 aromatic heterocycles. The van der Waals surface area contributed by atoms with E-state index in [-0.39, 0.29) is 12.6 Å². The minimum Gasteiger partial charge on any atom is -0.493 e. The molecule has 1 amide bonds. The number of carbonyl (C=O) groups excluding carboxylic acids is 2. The number of nitrogens with one attached hydrogen (secondary N) is 1. The number of methoxy groups -OCH3 is 2. The molecule has 0 saturated heterocycles. The van der Waals surface area contributed by atoms with Crippen molar-refractivity contribution in [1.29, 1.82) is 5.26 Å². The van der Waals surface area contributed by atoms with Crippen LogP contribution in [0.15, 0.2) is 18.2 Å². The van der Waals surface area contributed by atoms with Crippen molar-refractivity contribution in [2.24, 2.45) is 0 Å². The fourth-order valence-corrected chi connectivity index (χ4v) is 2.79. The van der Waals surface area contributed by atoms with Gasteiger partial charge in [0.05, 0.1) is 32.3 Å². The van der Waals surface area contributed by atoms with E-state index in [0.29, 0.717) is 17.1 Å². The first kappa shape index (κ1) is 18.6. The van der Waals surface area contributed by atoms with Crippen LogP contribution in [-0.4, -0.2) is 38.7 Å². The summed E-state index contributed by atoms with van der Waals surface area (Å²) < 4.78 is 15.7. The van der Waals surface area contributed by atoms with Gasteiger partial charge in [-0.1, -0.05) is 6.07 Å². The second-order valence-corrected chi connectivity index (χ2v) is 5.82. The van der Waals surface area contributed by atoms with Crippen LogP contribution in [0.3, 0.4) is 0 Å². The predicted octanol–water partition coefficient (Wildman–Crippen LogP) is 1.91. The molecule has 0 spiro atoms. The van der Waals surface area contributed by atoms with E-state index < -0.39 is 17.8 Å². The van der Waals surface area contributed by atoms with Crippen LogP contribution in [0.25, 0.3) is 0 Å². The number of nitrogens with zero attached hydrogens (tertiary/aromatic N) is 1. The van der Waals surface area contributed by atoms with Gasteiger partial charge in [0.25, 0.3) is 0 Å². The Hall–Kier alpha value is -2.75. The smallest absolute Gasteiger partial charge is 0.396 e. The van der Waals surface area contributed by atoms with Crippen LogP contribution in [0.5, 0.6) is 11.5 Å². The summed E-state index contributed by atoms with van der Waals surface area (Å²) in [5.74, 6) is -1.29. The third-order valence-electron chi connectivity index (χ3n) is 4.18. The highest BCUT2D eigenvalue weighted by Gasteiger charge is 2.21. The first-order valence-electron chi connectivity index (χ1n) is 8.19. The third kappa shape index (κ3) is 4.86. The Morgan fingerprint density at radius 2 is 2.00 bits per heavy atom. The molecule has 1 aromatic rings. The number of amides is 1. The summed E-state index contributed by atoms with van der Waals surface area (Å²) in [7, 11) is 2.69. The summed E-state index contributed by atoms with van der Waals surface area (Å²) in [6, 6.07) is 7.38. The van der Waals surface area contributed by atoms with Crippen LogP contribution >= 0.6 is 0 Å². The largest absolute Gasteiger partial charge is 0.493 e. The molecule has 1 saturated carbocycles. The molecule has 1 aromatic carbocycles. The van der Waals surface area contributed by atoms with Gasteiger partial charge in [-0.3, -0.25) is 4.79 Å². The number of benzene rings is 1. The van der Waals surface area contributed by atoms with E-state index in [9.17, 15) is 14.9 Å². The topological polar surface area (TPSA) is 97.7 Å². The Morgan fingerprint density at radius 3 is 2.60 bits per heavy atom. The molecular weight excluding hydrogens is 324 g/mol. The summed E-state index contributed by atoms with van der Waals surface area (Å²) in [6.07, 6.45) is 4.46. The van der Waals surface area contributed by atoms with Gasteiger partial charge in [0.1, 0.15) is 0 Å². The maximum atomic E-state index is 11.5. The van der Waals surface area contributed by atoms with Crippen molar-refractivity contribution in [1.82, 2.24) is 5.32 Å². The van der Waals surface area contributed by atoms with Crippen LogP contribution in [-0.2, 0) is 14.3 Å². The minimum absolute atomic E-state index is 0.000366. The Balaban J connectivity index is 2.11. The van der Waals surface area contributed by atoms with E-state index in [1.807, 2.05) is 0 Å². The maximum Gasteiger partial charge on any atom is 0.396 e. The normalized spacial score (nSPS) is 15.1. The third-order valence-corrected chi connectivity index (χ3v) is 4.18. The van der Waals surface area contributed by atoms with Gasteiger partial charge in [0, 0.05) is 6.54 Å². The SMILES string of the molecule is COC(=O)C(=O)NCC(C#N)c1ccc(OC)c(OC2CCCC2)c1. The Morgan fingerprint density at radius 1 is 1.28 bits per heavy atom. The zero-order chi connectivity index (χ0) is 18.2. The molecule has 2 rings (SSSR count). The van der Waals surface area contributed by atoms with Crippen molar-refractivity contribution in [2.75, 3.05) is 20.8 Å². The summed E-state index contributed by atoms with van der Waals surface area (Å²) in [5.41, 5.74) is 0.682. The number of ether oxygens (including phenoxy) is 3. The molecule has 1 atom stereocenters. The molecule has 0 heterocycles. The lowest BCUT2D eigenvalue weighted by molar-refractivity contribution is -0.152. The van der Waals surface area contributed by atoms with E-state index in [4.69, 9.17) is 9.47 Å². The number of hydrogen-bond acceptors (Lipinski definition) is 6. The lowest BCUT2D eigenvalue weighted by atomic mass is 10.00. The zero-order valence-corrected chi connectivity index (χ0v) is 14.4. The number of esters is 1. The van der Waals surface area contributed by atoms with Gasteiger partial charge >= 0.3 is 11.9 Å². The highest BCUT2D eigenvalue weighted by atomic mass is 16.5. The maximum absolute atomic E-state index is 11.5. The Bertz CT molecular complexity index is 662. The molecule has 7 nitrogen and oxygen atoms in total. The molecule has 1 fully saturated rings. The van der Waals surface area contributed by atoms with Crippen molar-refractivity contribution in [2.45, 2.75) is 37.7 Å². The van der Waals surface area contributed by atoms with Crippen LogP contribution in [0.4, 0.5) is 0 Å². The highest BCUT2D eigenvalue weighted by Crippen LogP contribution is 2.34. The fourth-order valence-electron chi connectivity index (χ4n) is 2.79. The number of carbonyl (C=O) groups is 2. The quantitative estimate of drug-likeness (QED) is 0.624. The van der Waals surface area contributed by atoms with E-state index in [0.717, 1.165) is 32.8 Å². The van der Waals surface area contributed by atoms with Crippen molar-refractivity contribution in [3.05, 3.63) is 23.8 Å². The summed E-state index contributed by atoms with van der Waals surface area (Å²) in [5, 5.41) is 11.8. The molecule has 0 bridgehead atoms. The molecule has 1 aliphatic rings. The van der Waals surface area contributed by atoms with Gasteiger partial charge < -0.3 is 19.5 Å². The van der Waals surface area contributed by atoms with Crippen molar-refractivity contribution in [3.8, 4) is 17.6 Å². The van der Waals surface area contributed by atoms with Gasteiger partial charge in [-0.15, -0.1) is 0 Å². The summed E-state index contributed by atoms with van der Waals surface area (Å²) in [4.78, 5) is 22.6. The number of rotatable bonds is 6.